The van der Waals surface area contributed by atoms with Crippen molar-refractivity contribution in [3.63, 3.8) is 0 Å². The van der Waals surface area contributed by atoms with Crippen molar-refractivity contribution in [2.24, 2.45) is 0 Å². The predicted molar refractivity (Wildman–Crippen MR) is 70.9 cm³/mol. The summed E-state index contributed by atoms with van der Waals surface area (Å²) in [6.45, 7) is 1.67. The molecule has 0 amide bonds. The first-order valence-electron chi connectivity index (χ1n) is 5.72. The van der Waals surface area contributed by atoms with E-state index >= 15 is 0 Å². The molecule has 2 aromatic rings. The summed E-state index contributed by atoms with van der Waals surface area (Å²) in [7, 11) is 0. The van der Waals surface area contributed by atoms with Gasteiger partial charge in [-0.3, -0.25) is 4.79 Å². The van der Waals surface area contributed by atoms with E-state index in [2.05, 4.69) is 20.6 Å². The third-order valence-corrected chi connectivity index (χ3v) is 2.32. The van der Waals surface area contributed by atoms with Crippen molar-refractivity contribution in [1.82, 2.24) is 9.97 Å². The van der Waals surface area contributed by atoms with Crippen molar-refractivity contribution in [2.75, 3.05) is 17.2 Å². The van der Waals surface area contributed by atoms with E-state index in [1.165, 1.54) is 19.3 Å². The molecule has 1 aromatic carbocycles. The van der Waals surface area contributed by atoms with Crippen LogP contribution in [0.1, 0.15) is 6.92 Å². The quantitative estimate of drug-likeness (QED) is 0.863. The Labute approximate surface area is 109 Å². The van der Waals surface area contributed by atoms with E-state index < -0.39 is 0 Å². The van der Waals surface area contributed by atoms with Crippen LogP contribution in [0.4, 0.5) is 21.7 Å². The van der Waals surface area contributed by atoms with Crippen LogP contribution in [0.3, 0.4) is 0 Å². The lowest BCUT2D eigenvalue weighted by Gasteiger charge is -2.08. The Morgan fingerprint density at radius 2 is 2.00 bits per heavy atom. The first-order valence-corrected chi connectivity index (χ1v) is 5.72. The number of carbonyl (C=O) groups is 1. The number of hydrogen-bond donors (Lipinski definition) is 2. The number of ketones is 1. The molecular weight excluding hydrogens is 247 g/mol. The standard InChI is InChI=1S/C13H13FN4O/c1-9(19)7-15-12-6-13(17-8-16-12)18-11-5-3-2-4-10(11)14/h2-6,8H,7H2,1H3,(H2,15,16,17,18). The molecule has 0 unspecified atom stereocenters. The maximum atomic E-state index is 13.5. The monoisotopic (exact) mass is 260 g/mol. The minimum atomic E-state index is -0.362. The predicted octanol–water partition coefficient (Wildman–Crippen LogP) is 2.36. The largest absolute Gasteiger partial charge is 0.363 e. The number of Topliss-reactive ketones (excluding diaryl/α,β-unsaturated/α-hetero) is 1. The van der Waals surface area contributed by atoms with Crippen LogP contribution >= 0.6 is 0 Å². The molecule has 19 heavy (non-hydrogen) atoms. The van der Waals surface area contributed by atoms with Crippen LogP contribution in [0, 0.1) is 5.82 Å². The lowest BCUT2D eigenvalue weighted by Crippen LogP contribution is -2.11. The van der Waals surface area contributed by atoms with E-state index in [1.807, 2.05) is 0 Å². The maximum Gasteiger partial charge on any atom is 0.148 e. The van der Waals surface area contributed by atoms with Gasteiger partial charge < -0.3 is 10.6 Å². The molecule has 2 N–H and O–H groups in total. The molecule has 0 bridgehead atoms. The number of rotatable bonds is 5. The van der Waals surface area contributed by atoms with E-state index in [1.54, 1.807) is 24.3 Å². The number of para-hydroxylation sites is 1. The highest BCUT2D eigenvalue weighted by molar-refractivity contribution is 5.80. The molecule has 0 aliphatic heterocycles. The van der Waals surface area contributed by atoms with Gasteiger partial charge in [0, 0.05) is 6.07 Å². The third-order valence-electron chi connectivity index (χ3n) is 2.32. The van der Waals surface area contributed by atoms with Crippen LogP contribution in [-0.2, 0) is 4.79 Å². The summed E-state index contributed by atoms with van der Waals surface area (Å²) in [6.07, 6.45) is 1.34. The zero-order valence-electron chi connectivity index (χ0n) is 10.4. The number of nitrogens with zero attached hydrogens (tertiary/aromatic N) is 2. The molecule has 0 fully saturated rings. The fourth-order valence-electron chi connectivity index (χ4n) is 1.44. The second kappa shape index (κ2) is 5.90. The third kappa shape index (κ3) is 3.74. The number of carbonyl (C=O) groups excluding carboxylic acids is 1. The first kappa shape index (κ1) is 12.9. The van der Waals surface area contributed by atoms with Gasteiger partial charge in [0.15, 0.2) is 0 Å². The Morgan fingerprint density at radius 3 is 2.74 bits per heavy atom. The van der Waals surface area contributed by atoms with E-state index in [4.69, 9.17) is 0 Å². The molecule has 0 saturated carbocycles. The molecule has 2 rings (SSSR count). The molecule has 0 spiro atoms. The summed E-state index contributed by atoms with van der Waals surface area (Å²) in [5.41, 5.74) is 0.332. The molecule has 0 aliphatic carbocycles. The normalized spacial score (nSPS) is 10.0. The van der Waals surface area contributed by atoms with Crippen LogP contribution in [-0.4, -0.2) is 22.3 Å². The van der Waals surface area contributed by atoms with Crippen LogP contribution in [0.25, 0.3) is 0 Å². The highest BCUT2D eigenvalue weighted by Gasteiger charge is 2.03. The van der Waals surface area contributed by atoms with Gasteiger partial charge in [-0.1, -0.05) is 12.1 Å². The van der Waals surface area contributed by atoms with Crippen molar-refractivity contribution in [2.45, 2.75) is 6.92 Å². The summed E-state index contributed by atoms with van der Waals surface area (Å²) in [5.74, 6) is 0.594. The lowest BCUT2D eigenvalue weighted by atomic mass is 10.3. The minimum absolute atomic E-state index is 0.00206. The summed E-state index contributed by atoms with van der Waals surface area (Å²) in [4.78, 5) is 18.8. The average Bonchev–Trinajstić information content (AvgIpc) is 2.40. The molecule has 0 radical (unpaired) electrons. The van der Waals surface area contributed by atoms with Crippen molar-refractivity contribution in [3.05, 3.63) is 42.5 Å². The number of halogens is 1. The molecule has 1 heterocycles. The maximum absolute atomic E-state index is 13.5. The smallest absolute Gasteiger partial charge is 0.148 e. The van der Waals surface area contributed by atoms with Crippen LogP contribution in [0.2, 0.25) is 0 Å². The minimum Gasteiger partial charge on any atom is -0.363 e. The van der Waals surface area contributed by atoms with Gasteiger partial charge in [-0.2, -0.15) is 0 Å². The zero-order chi connectivity index (χ0) is 13.7. The molecule has 6 heteroatoms. The Morgan fingerprint density at radius 1 is 1.26 bits per heavy atom. The highest BCUT2D eigenvalue weighted by Crippen LogP contribution is 2.18. The molecular formula is C13H13FN4O. The highest BCUT2D eigenvalue weighted by atomic mass is 19.1. The molecule has 0 atom stereocenters. The molecule has 5 nitrogen and oxygen atoms in total. The van der Waals surface area contributed by atoms with Crippen LogP contribution in [0.5, 0.6) is 0 Å². The van der Waals surface area contributed by atoms with Gasteiger partial charge in [-0.25, -0.2) is 14.4 Å². The van der Waals surface area contributed by atoms with Gasteiger partial charge >= 0.3 is 0 Å². The van der Waals surface area contributed by atoms with E-state index in [-0.39, 0.29) is 18.1 Å². The van der Waals surface area contributed by atoms with E-state index in [9.17, 15) is 9.18 Å². The van der Waals surface area contributed by atoms with Gasteiger partial charge in [0.25, 0.3) is 0 Å². The zero-order valence-corrected chi connectivity index (χ0v) is 10.4. The van der Waals surface area contributed by atoms with Gasteiger partial charge in [0.05, 0.1) is 12.2 Å². The fraction of sp³-hybridized carbons (Fsp3) is 0.154. The number of nitrogens with one attached hydrogen (secondary N) is 2. The Kier molecular flexibility index (Phi) is 4.02. The summed E-state index contributed by atoms with van der Waals surface area (Å²) in [6, 6.07) is 7.91. The van der Waals surface area contributed by atoms with Crippen molar-refractivity contribution in [1.29, 1.82) is 0 Å². The Bertz CT molecular complexity index is 588. The Hall–Kier alpha value is -2.50. The van der Waals surface area contributed by atoms with E-state index in [0.29, 0.717) is 17.3 Å². The molecule has 0 saturated heterocycles. The second-order valence-electron chi connectivity index (χ2n) is 3.95. The van der Waals surface area contributed by atoms with Crippen LogP contribution in [0.15, 0.2) is 36.7 Å². The Balaban J connectivity index is 2.11. The second-order valence-corrected chi connectivity index (χ2v) is 3.95. The summed E-state index contributed by atoms with van der Waals surface area (Å²) in [5, 5.41) is 5.70. The SMILES string of the molecule is CC(=O)CNc1cc(Nc2ccccc2F)ncn1. The first-order chi connectivity index (χ1) is 9.15. The number of hydrogen-bond acceptors (Lipinski definition) is 5. The summed E-state index contributed by atoms with van der Waals surface area (Å²) >= 11 is 0. The van der Waals surface area contributed by atoms with Crippen molar-refractivity contribution in [3.8, 4) is 0 Å². The van der Waals surface area contributed by atoms with Gasteiger partial charge in [-0.05, 0) is 19.1 Å². The molecule has 98 valence electrons. The number of anilines is 3. The summed E-state index contributed by atoms with van der Waals surface area (Å²) < 4.78 is 13.5. The van der Waals surface area contributed by atoms with Crippen molar-refractivity contribution < 1.29 is 9.18 Å². The van der Waals surface area contributed by atoms with Gasteiger partial charge in [0.1, 0.15) is 29.6 Å². The van der Waals surface area contributed by atoms with Crippen molar-refractivity contribution >= 4 is 23.1 Å². The van der Waals surface area contributed by atoms with Crippen LogP contribution < -0.4 is 10.6 Å². The molecule has 1 aromatic heterocycles. The fourth-order valence-corrected chi connectivity index (χ4v) is 1.44. The molecule has 0 aliphatic rings. The average molecular weight is 260 g/mol. The van der Waals surface area contributed by atoms with E-state index in [0.717, 1.165) is 0 Å². The van der Waals surface area contributed by atoms with Gasteiger partial charge in [-0.15, -0.1) is 0 Å². The topological polar surface area (TPSA) is 66.9 Å². The lowest BCUT2D eigenvalue weighted by molar-refractivity contribution is -0.115. The van der Waals surface area contributed by atoms with Gasteiger partial charge in [0.2, 0.25) is 0 Å². The number of aromatic nitrogens is 2. The number of benzene rings is 1.